The van der Waals surface area contributed by atoms with Gasteiger partial charge in [-0.2, -0.15) is 0 Å². The predicted molar refractivity (Wildman–Crippen MR) is 78.5 cm³/mol. The van der Waals surface area contributed by atoms with E-state index in [1.54, 1.807) is 12.1 Å². The van der Waals surface area contributed by atoms with Crippen LogP contribution in [0.15, 0.2) is 24.3 Å². The van der Waals surface area contributed by atoms with E-state index in [0.717, 1.165) is 5.56 Å². The van der Waals surface area contributed by atoms with Crippen molar-refractivity contribution in [2.24, 2.45) is 11.5 Å². The summed E-state index contributed by atoms with van der Waals surface area (Å²) in [6.45, 7) is 0.742. The molecule has 0 bridgehead atoms. The Bertz CT molecular complexity index is 513. The van der Waals surface area contributed by atoms with Crippen LogP contribution in [0.3, 0.4) is 0 Å². The largest absolute Gasteiger partial charge is 0.451 e. The van der Waals surface area contributed by atoms with E-state index in [1.165, 1.54) is 4.67 Å². The van der Waals surface area contributed by atoms with Crippen LogP contribution >= 0.6 is 20.2 Å². The van der Waals surface area contributed by atoms with Gasteiger partial charge in [0.1, 0.15) is 0 Å². The monoisotopic (exact) mass is 315 g/mol. The third kappa shape index (κ3) is 3.00. The summed E-state index contributed by atoms with van der Waals surface area (Å²) in [5.74, 6) is -0.432. The van der Waals surface area contributed by atoms with Crippen molar-refractivity contribution < 1.29 is 9.36 Å². The molecule has 1 aliphatic heterocycles. The summed E-state index contributed by atoms with van der Waals surface area (Å²) in [4.78, 5) is 12.2. The van der Waals surface area contributed by atoms with Crippen molar-refractivity contribution >= 4 is 26.1 Å². The van der Waals surface area contributed by atoms with Gasteiger partial charge in [0, 0.05) is 17.6 Å². The van der Waals surface area contributed by atoms with Gasteiger partial charge in [0.15, 0.2) is 5.66 Å². The van der Waals surface area contributed by atoms with Gasteiger partial charge in [0.05, 0.1) is 6.54 Å². The fourth-order valence-electron chi connectivity index (χ4n) is 2.12. The Morgan fingerprint density at radius 1 is 1.45 bits per heavy atom. The highest BCUT2D eigenvalue weighted by molar-refractivity contribution is 7.21. The van der Waals surface area contributed by atoms with Crippen molar-refractivity contribution in [2.45, 2.75) is 24.7 Å². The zero-order valence-electron chi connectivity index (χ0n) is 10.8. The molecule has 1 aromatic carbocycles. The number of carbonyl (C=O) groups excluding carboxylic acids is 1. The Balaban J connectivity index is 2.10. The fraction of sp³-hybridized carbons (Fsp3) is 0.417. The van der Waals surface area contributed by atoms with Gasteiger partial charge in [-0.25, -0.2) is 0 Å². The molecule has 1 saturated heterocycles. The van der Waals surface area contributed by atoms with Crippen LogP contribution in [0.1, 0.15) is 12.0 Å². The maximum absolute atomic E-state index is 12.2. The molecule has 1 aromatic rings. The first-order chi connectivity index (χ1) is 9.47. The molecule has 0 aliphatic carbocycles. The molecule has 0 radical (unpaired) electrons. The molecule has 0 aromatic heterocycles. The predicted octanol–water partition coefficient (Wildman–Crippen LogP) is 0.583. The second-order valence-corrected chi connectivity index (χ2v) is 5.95. The summed E-state index contributed by atoms with van der Waals surface area (Å²) in [5.41, 5.74) is 11.6. The first-order valence-electron chi connectivity index (χ1n) is 6.21. The summed E-state index contributed by atoms with van der Waals surface area (Å²) in [7, 11) is -0.846. The van der Waals surface area contributed by atoms with Gasteiger partial charge in [0.2, 0.25) is 0 Å². The molecule has 1 fully saturated rings. The van der Waals surface area contributed by atoms with Crippen molar-refractivity contribution in [3.63, 3.8) is 0 Å². The smallest absolute Gasteiger partial charge is 0.324 e. The van der Waals surface area contributed by atoms with Crippen LogP contribution in [-0.4, -0.2) is 28.8 Å². The first kappa shape index (κ1) is 15.4. The van der Waals surface area contributed by atoms with Crippen molar-refractivity contribution in [1.29, 1.82) is 0 Å². The number of hydrogen-bond donors (Lipinski definition) is 3. The van der Waals surface area contributed by atoms with Gasteiger partial charge in [-0.1, -0.05) is 23.7 Å². The normalized spacial score (nSPS) is 27.1. The maximum atomic E-state index is 12.2. The number of benzene rings is 1. The Morgan fingerprint density at radius 2 is 2.10 bits per heavy atom. The SMILES string of the molecule is NC1CCN([PH+]=O)C(=O)[C@@]1(N)NCc1ccc(Cl)cc1. The molecule has 8 heteroatoms. The van der Waals surface area contributed by atoms with Crippen molar-refractivity contribution in [3.05, 3.63) is 34.9 Å². The third-order valence-electron chi connectivity index (χ3n) is 3.46. The van der Waals surface area contributed by atoms with E-state index in [9.17, 15) is 9.36 Å². The molecule has 3 atom stereocenters. The van der Waals surface area contributed by atoms with E-state index in [1.807, 2.05) is 12.1 Å². The first-order valence-corrected chi connectivity index (χ1v) is 7.44. The summed E-state index contributed by atoms with van der Waals surface area (Å²) < 4.78 is 12.2. The minimum Gasteiger partial charge on any atom is -0.324 e. The van der Waals surface area contributed by atoms with Crippen LogP contribution in [-0.2, 0) is 15.9 Å². The molecule has 108 valence electrons. The van der Waals surface area contributed by atoms with E-state index in [-0.39, 0.29) is 0 Å². The van der Waals surface area contributed by atoms with Crippen molar-refractivity contribution in [1.82, 2.24) is 9.99 Å². The Morgan fingerprint density at radius 3 is 2.70 bits per heavy atom. The lowest BCUT2D eigenvalue weighted by atomic mass is 9.93. The second-order valence-electron chi connectivity index (χ2n) is 4.79. The van der Waals surface area contributed by atoms with Crippen molar-refractivity contribution in [2.75, 3.05) is 6.54 Å². The number of amides is 1. The van der Waals surface area contributed by atoms with Crippen molar-refractivity contribution in [3.8, 4) is 0 Å². The number of halogens is 1. The molecule has 2 rings (SSSR count). The number of nitrogens with two attached hydrogens (primary N) is 2. The highest BCUT2D eigenvalue weighted by Gasteiger charge is 2.49. The number of carbonyl (C=O) groups is 1. The average Bonchev–Trinajstić information content (AvgIpc) is 2.45. The Labute approximate surface area is 123 Å². The fourth-order valence-corrected chi connectivity index (χ4v) is 2.74. The zero-order chi connectivity index (χ0) is 14.8. The zero-order valence-corrected chi connectivity index (χ0v) is 12.6. The number of hydrogen-bond acceptors (Lipinski definition) is 5. The summed E-state index contributed by atoms with van der Waals surface area (Å²) in [6, 6.07) is 6.68. The lowest BCUT2D eigenvalue weighted by Gasteiger charge is -2.38. The maximum Gasteiger partial charge on any atom is 0.451 e. The lowest BCUT2D eigenvalue weighted by molar-refractivity contribution is -0.137. The number of rotatable bonds is 4. The van der Waals surface area contributed by atoms with Gasteiger partial charge in [0.25, 0.3) is 5.91 Å². The van der Waals surface area contributed by atoms with E-state index < -0.39 is 26.2 Å². The van der Waals surface area contributed by atoms with Crippen LogP contribution < -0.4 is 16.8 Å². The van der Waals surface area contributed by atoms with Crippen LogP contribution in [0.4, 0.5) is 0 Å². The average molecular weight is 316 g/mol. The summed E-state index contributed by atoms with van der Waals surface area (Å²) >= 11 is 5.81. The van der Waals surface area contributed by atoms with Crippen LogP contribution in [0.25, 0.3) is 0 Å². The van der Waals surface area contributed by atoms with Crippen LogP contribution in [0.5, 0.6) is 0 Å². The molecule has 5 N–H and O–H groups in total. The van der Waals surface area contributed by atoms with Gasteiger partial charge in [-0.05, 0) is 28.7 Å². The molecule has 1 heterocycles. The molecule has 1 aliphatic rings. The molecule has 20 heavy (non-hydrogen) atoms. The van der Waals surface area contributed by atoms with Gasteiger partial charge < -0.3 is 11.5 Å². The minimum absolute atomic E-state index is 0.365. The quantitative estimate of drug-likeness (QED) is 0.557. The minimum atomic E-state index is -1.39. The van der Waals surface area contributed by atoms with Crippen LogP contribution in [0, 0.1) is 0 Å². The second kappa shape index (κ2) is 6.16. The molecule has 0 spiro atoms. The third-order valence-corrected chi connectivity index (χ3v) is 4.36. The molecule has 2 unspecified atom stereocenters. The molecular formula is C12H17ClN4O2P+. The highest BCUT2D eigenvalue weighted by Crippen LogP contribution is 2.22. The van der Waals surface area contributed by atoms with Gasteiger partial charge in [-0.3, -0.25) is 10.1 Å². The van der Waals surface area contributed by atoms with Gasteiger partial charge >= 0.3 is 8.61 Å². The Hall–Kier alpha value is -1.04. The molecule has 0 saturated carbocycles. The molecule has 6 nitrogen and oxygen atoms in total. The van der Waals surface area contributed by atoms with E-state index in [4.69, 9.17) is 23.1 Å². The van der Waals surface area contributed by atoms with E-state index in [2.05, 4.69) is 5.32 Å². The van der Waals surface area contributed by atoms with Crippen LogP contribution in [0.2, 0.25) is 5.02 Å². The Kier molecular flexibility index (Phi) is 4.73. The number of nitrogens with one attached hydrogen (secondary N) is 1. The molecular weight excluding hydrogens is 299 g/mol. The number of nitrogens with zero attached hydrogens (tertiary/aromatic N) is 1. The summed E-state index contributed by atoms with van der Waals surface area (Å²) in [5, 5.41) is 3.62. The lowest BCUT2D eigenvalue weighted by Crippen LogP contribution is -2.74. The highest BCUT2D eigenvalue weighted by atomic mass is 35.5. The van der Waals surface area contributed by atoms with E-state index >= 15 is 0 Å². The van der Waals surface area contributed by atoms with Gasteiger partial charge in [-0.15, -0.1) is 4.67 Å². The standard InChI is InChI=1S/C12H16ClN4O2P/c13-9-3-1-8(2-4-9)7-16-12(15)10(14)5-6-17(20-19)11(12)18/h1-4,10,16H,5-7,14-15H2/p+1/t10?,12-/m0/s1. The topological polar surface area (TPSA) is 101 Å². The number of piperidine rings is 1. The molecule has 1 amide bonds. The summed E-state index contributed by atoms with van der Waals surface area (Å²) in [6.07, 6.45) is 0.505. The van der Waals surface area contributed by atoms with E-state index in [0.29, 0.717) is 24.5 Å².